The van der Waals surface area contributed by atoms with E-state index >= 15 is 0 Å². The summed E-state index contributed by atoms with van der Waals surface area (Å²) in [5.41, 5.74) is 5.93. The van der Waals surface area contributed by atoms with Crippen molar-refractivity contribution in [2.75, 3.05) is 13.2 Å². The number of carbonyl (C=O) groups is 1. The van der Waals surface area contributed by atoms with Crippen LogP contribution in [0.5, 0.6) is 11.5 Å². The summed E-state index contributed by atoms with van der Waals surface area (Å²) in [5, 5.41) is 2.91. The molecule has 1 aliphatic heterocycles. The lowest BCUT2D eigenvalue weighted by Crippen LogP contribution is -2.66. The third-order valence-electron chi connectivity index (χ3n) is 3.86. The summed E-state index contributed by atoms with van der Waals surface area (Å²) in [7, 11) is 0. The second-order valence-corrected chi connectivity index (χ2v) is 5.29. The SMILES string of the molecule is CCOC1CC(N)C1NC(=O)C1COc2ccccc2O1. The minimum Gasteiger partial charge on any atom is -0.485 e. The van der Waals surface area contributed by atoms with Gasteiger partial charge in [-0.15, -0.1) is 0 Å². The Morgan fingerprint density at radius 2 is 2.19 bits per heavy atom. The average molecular weight is 292 g/mol. The minimum atomic E-state index is -0.657. The molecular formula is C15H20N2O4. The number of hydrogen-bond acceptors (Lipinski definition) is 5. The maximum Gasteiger partial charge on any atom is 0.265 e. The first-order chi connectivity index (χ1) is 10.2. The van der Waals surface area contributed by atoms with Gasteiger partial charge in [0.25, 0.3) is 5.91 Å². The van der Waals surface area contributed by atoms with Gasteiger partial charge in [0, 0.05) is 12.6 Å². The first kappa shape index (κ1) is 14.2. The van der Waals surface area contributed by atoms with Gasteiger partial charge in [-0.3, -0.25) is 4.79 Å². The van der Waals surface area contributed by atoms with E-state index < -0.39 is 6.10 Å². The third kappa shape index (κ3) is 2.82. The van der Waals surface area contributed by atoms with Gasteiger partial charge in [0.05, 0.1) is 12.1 Å². The molecule has 4 atom stereocenters. The highest BCUT2D eigenvalue weighted by molar-refractivity contribution is 5.82. The number of carbonyl (C=O) groups excluding carboxylic acids is 1. The Morgan fingerprint density at radius 3 is 2.90 bits per heavy atom. The number of hydrogen-bond donors (Lipinski definition) is 2. The molecule has 6 nitrogen and oxygen atoms in total. The van der Waals surface area contributed by atoms with Crippen LogP contribution in [0.2, 0.25) is 0 Å². The molecule has 1 aromatic rings. The first-order valence-electron chi connectivity index (χ1n) is 7.25. The number of ether oxygens (including phenoxy) is 3. The quantitative estimate of drug-likeness (QED) is 0.842. The summed E-state index contributed by atoms with van der Waals surface area (Å²) in [4.78, 5) is 12.3. The molecule has 0 aromatic heterocycles. The maximum atomic E-state index is 12.3. The second kappa shape index (κ2) is 5.91. The molecule has 2 aliphatic rings. The molecule has 0 saturated heterocycles. The zero-order valence-corrected chi connectivity index (χ0v) is 12.0. The average Bonchev–Trinajstić information content (AvgIpc) is 2.51. The first-order valence-corrected chi connectivity index (χ1v) is 7.25. The van der Waals surface area contributed by atoms with E-state index in [9.17, 15) is 4.79 Å². The molecule has 1 aromatic carbocycles. The Kier molecular flexibility index (Phi) is 3.98. The van der Waals surface area contributed by atoms with Gasteiger partial charge in [-0.05, 0) is 25.5 Å². The Morgan fingerprint density at radius 1 is 1.43 bits per heavy atom. The molecule has 114 valence electrons. The normalized spacial score (nSPS) is 30.4. The number of benzene rings is 1. The van der Waals surface area contributed by atoms with Crippen LogP contribution in [0.1, 0.15) is 13.3 Å². The van der Waals surface area contributed by atoms with Crippen molar-refractivity contribution >= 4 is 5.91 Å². The Bertz CT molecular complexity index is 520. The minimum absolute atomic E-state index is 0.00857. The van der Waals surface area contributed by atoms with Gasteiger partial charge < -0.3 is 25.3 Å². The van der Waals surface area contributed by atoms with E-state index in [1.165, 1.54) is 0 Å². The fraction of sp³-hybridized carbons (Fsp3) is 0.533. The molecule has 1 saturated carbocycles. The smallest absolute Gasteiger partial charge is 0.265 e. The van der Waals surface area contributed by atoms with Gasteiger partial charge >= 0.3 is 0 Å². The summed E-state index contributed by atoms with van der Waals surface area (Å²) in [5.74, 6) is 1.03. The van der Waals surface area contributed by atoms with Crippen LogP contribution in [0.15, 0.2) is 24.3 Å². The number of fused-ring (bicyclic) bond motifs is 1. The van der Waals surface area contributed by atoms with Crippen molar-refractivity contribution in [3.8, 4) is 11.5 Å². The zero-order chi connectivity index (χ0) is 14.8. The van der Waals surface area contributed by atoms with Crippen LogP contribution in [0.3, 0.4) is 0 Å². The Labute approximate surface area is 123 Å². The topological polar surface area (TPSA) is 82.8 Å². The maximum absolute atomic E-state index is 12.3. The van der Waals surface area contributed by atoms with E-state index in [-0.39, 0.29) is 30.7 Å². The van der Waals surface area contributed by atoms with Crippen LogP contribution in [0, 0.1) is 0 Å². The van der Waals surface area contributed by atoms with E-state index in [1.807, 2.05) is 25.1 Å². The monoisotopic (exact) mass is 292 g/mol. The van der Waals surface area contributed by atoms with E-state index in [0.29, 0.717) is 18.1 Å². The molecule has 1 amide bonds. The van der Waals surface area contributed by atoms with E-state index in [0.717, 1.165) is 6.42 Å². The van der Waals surface area contributed by atoms with Crippen molar-refractivity contribution in [2.24, 2.45) is 5.73 Å². The standard InChI is InChI=1S/C15H20N2O4/c1-2-19-12-7-9(16)14(12)17-15(18)13-8-20-10-5-3-4-6-11(10)21-13/h3-6,9,12-14H,2,7-8,16H2,1H3,(H,17,18). The van der Waals surface area contributed by atoms with Crippen LogP contribution in [0.25, 0.3) is 0 Å². The van der Waals surface area contributed by atoms with Crippen molar-refractivity contribution in [3.05, 3.63) is 24.3 Å². The number of para-hydroxylation sites is 2. The lowest BCUT2D eigenvalue weighted by atomic mass is 9.83. The lowest BCUT2D eigenvalue weighted by molar-refractivity contribution is -0.135. The Balaban J connectivity index is 1.59. The predicted molar refractivity (Wildman–Crippen MR) is 76.3 cm³/mol. The van der Waals surface area contributed by atoms with Gasteiger partial charge in [-0.25, -0.2) is 0 Å². The van der Waals surface area contributed by atoms with E-state index in [4.69, 9.17) is 19.9 Å². The summed E-state index contributed by atoms with van der Waals surface area (Å²) in [6.07, 6.45) is 0.102. The molecule has 1 heterocycles. The van der Waals surface area contributed by atoms with Crippen molar-refractivity contribution in [3.63, 3.8) is 0 Å². The van der Waals surface area contributed by atoms with Crippen LogP contribution >= 0.6 is 0 Å². The molecule has 1 fully saturated rings. The highest BCUT2D eigenvalue weighted by Gasteiger charge is 2.42. The molecule has 3 rings (SSSR count). The molecular weight excluding hydrogens is 272 g/mol. The van der Waals surface area contributed by atoms with Crippen molar-refractivity contribution in [1.82, 2.24) is 5.32 Å². The fourth-order valence-electron chi connectivity index (χ4n) is 2.63. The number of amides is 1. The van der Waals surface area contributed by atoms with Crippen molar-refractivity contribution < 1.29 is 19.0 Å². The molecule has 0 radical (unpaired) electrons. The molecule has 21 heavy (non-hydrogen) atoms. The Hall–Kier alpha value is -1.79. The fourth-order valence-corrected chi connectivity index (χ4v) is 2.63. The van der Waals surface area contributed by atoms with Gasteiger partial charge in [0.15, 0.2) is 11.5 Å². The van der Waals surface area contributed by atoms with E-state index in [1.54, 1.807) is 6.07 Å². The predicted octanol–water partition coefficient (Wildman–Crippen LogP) is 0.447. The molecule has 6 heteroatoms. The third-order valence-corrected chi connectivity index (χ3v) is 3.86. The van der Waals surface area contributed by atoms with Gasteiger partial charge in [0.2, 0.25) is 6.10 Å². The number of rotatable bonds is 4. The number of nitrogens with one attached hydrogen (secondary N) is 1. The highest BCUT2D eigenvalue weighted by Crippen LogP contribution is 2.31. The molecule has 0 spiro atoms. The van der Waals surface area contributed by atoms with Crippen molar-refractivity contribution in [1.29, 1.82) is 0 Å². The highest BCUT2D eigenvalue weighted by atomic mass is 16.6. The van der Waals surface area contributed by atoms with Gasteiger partial charge in [0.1, 0.15) is 6.61 Å². The van der Waals surface area contributed by atoms with Crippen LogP contribution in [-0.4, -0.2) is 43.4 Å². The molecule has 1 aliphatic carbocycles. The summed E-state index contributed by atoms with van der Waals surface area (Å²) in [6, 6.07) is 7.09. The molecule has 0 bridgehead atoms. The van der Waals surface area contributed by atoms with Crippen molar-refractivity contribution in [2.45, 2.75) is 37.6 Å². The summed E-state index contributed by atoms with van der Waals surface area (Å²) < 4.78 is 16.8. The summed E-state index contributed by atoms with van der Waals surface area (Å²) in [6.45, 7) is 2.74. The van der Waals surface area contributed by atoms with Crippen LogP contribution in [-0.2, 0) is 9.53 Å². The van der Waals surface area contributed by atoms with Crippen LogP contribution in [0.4, 0.5) is 0 Å². The number of nitrogens with two attached hydrogens (primary N) is 1. The van der Waals surface area contributed by atoms with Gasteiger partial charge in [-0.1, -0.05) is 12.1 Å². The molecule has 3 N–H and O–H groups in total. The second-order valence-electron chi connectivity index (χ2n) is 5.29. The van der Waals surface area contributed by atoms with Gasteiger partial charge in [-0.2, -0.15) is 0 Å². The zero-order valence-electron chi connectivity index (χ0n) is 12.0. The molecule has 4 unspecified atom stereocenters. The summed E-state index contributed by atoms with van der Waals surface area (Å²) >= 11 is 0. The lowest BCUT2D eigenvalue weighted by Gasteiger charge is -2.43. The largest absolute Gasteiger partial charge is 0.485 e. The van der Waals surface area contributed by atoms with Crippen LogP contribution < -0.4 is 20.5 Å². The van der Waals surface area contributed by atoms with E-state index in [2.05, 4.69) is 5.32 Å².